The van der Waals surface area contributed by atoms with E-state index in [4.69, 9.17) is 4.55 Å². The molecule has 1 rings (SSSR count). The van der Waals surface area contributed by atoms with Crippen LogP contribution >= 0.6 is 0 Å². The summed E-state index contributed by atoms with van der Waals surface area (Å²) in [6, 6.07) is 6.88. The number of carbonyl (C=O) groups excluding carboxylic acids is 2. The van der Waals surface area contributed by atoms with Gasteiger partial charge in [-0.3, -0.25) is 9.35 Å². The highest BCUT2D eigenvalue weighted by atomic mass is 32.2. The molecule has 0 spiro atoms. The largest absolute Gasteiger partial charge is 0.464 e. The van der Waals surface area contributed by atoms with E-state index < -0.39 is 58.5 Å². The molecule has 1 N–H and O–H groups in total. The van der Waals surface area contributed by atoms with Crippen molar-refractivity contribution in [1.29, 1.82) is 0 Å². The van der Waals surface area contributed by atoms with Crippen molar-refractivity contribution in [3.8, 4) is 0 Å². The van der Waals surface area contributed by atoms with E-state index >= 15 is 0 Å². The van der Waals surface area contributed by atoms with Crippen LogP contribution < -0.4 is 0 Å². The first kappa shape index (κ1) is 24.7. The number of alkyl halides is 5. The first-order chi connectivity index (χ1) is 13.2. The Labute approximate surface area is 161 Å². The third-order valence-electron chi connectivity index (χ3n) is 3.43. The van der Waals surface area contributed by atoms with Crippen LogP contribution in [-0.4, -0.2) is 48.5 Å². The lowest BCUT2D eigenvalue weighted by Crippen LogP contribution is -2.58. The number of carbonyl (C=O) groups is 2. The van der Waals surface area contributed by atoms with Gasteiger partial charge in [-0.2, -0.15) is 30.4 Å². The van der Waals surface area contributed by atoms with Crippen molar-refractivity contribution in [3.05, 3.63) is 48.6 Å². The van der Waals surface area contributed by atoms with Gasteiger partial charge < -0.3 is 9.47 Å². The number of hydrogen-bond donors (Lipinski definition) is 1. The van der Waals surface area contributed by atoms with E-state index in [-0.39, 0.29) is 11.6 Å². The number of ketones is 1. The summed E-state index contributed by atoms with van der Waals surface area (Å²) in [6.07, 6.45) is -8.34. The lowest BCUT2D eigenvalue weighted by atomic mass is 10.0. The van der Waals surface area contributed by atoms with E-state index in [2.05, 4.69) is 16.1 Å². The van der Waals surface area contributed by atoms with Crippen LogP contribution in [0.25, 0.3) is 0 Å². The minimum atomic E-state index is -5.96. The molecule has 0 amide bonds. The summed E-state index contributed by atoms with van der Waals surface area (Å²) in [5.41, 5.74) is 0.0626. The first-order valence-corrected chi connectivity index (χ1v) is 9.08. The molecule has 1 aromatic carbocycles. The highest BCUT2D eigenvalue weighted by molar-refractivity contribution is 7.86. The van der Waals surface area contributed by atoms with Crippen molar-refractivity contribution in [2.75, 3.05) is 6.61 Å². The van der Waals surface area contributed by atoms with Crippen molar-refractivity contribution in [2.45, 2.75) is 30.1 Å². The predicted octanol–water partition coefficient (Wildman–Crippen LogP) is 2.67. The van der Waals surface area contributed by atoms with Gasteiger partial charge in [0, 0.05) is 12.5 Å². The highest BCUT2D eigenvalue weighted by Gasteiger charge is 2.65. The number of hydrogen-bond acceptors (Lipinski definition) is 6. The number of benzene rings is 1. The summed E-state index contributed by atoms with van der Waals surface area (Å²) in [7, 11) is -5.96. The fourth-order valence-corrected chi connectivity index (χ4v) is 2.33. The molecule has 0 fully saturated rings. The molecule has 0 saturated carbocycles. The van der Waals surface area contributed by atoms with Gasteiger partial charge in [0.25, 0.3) is 0 Å². The van der Waals surface area contributed by atoms with E-state index in [1.165, 1.54) is 30.3 Å². The SMILES string of the molecule is C=CC(=O)OC(OCCC(F)(F)S(=O)(=O)O)(C(=O)Cc1ccccc1)C(F)(F)F. The smallest absolute Gasteiger partial charge is 0.413 e. The van der Waals surface area contributed by atoms with E-state index in [0.717, 1.165) is 0 Å². The summed E-state index contributed by atoms with van der Waals surface area (Å²) in [6.45, 7) is 1.17. The molecule has 0 bridgehead atoms. The minimum absolute atomic E-state index is 0.0626. The first-order valence-electron chi connectivity index (χ1n) is 7.64. The molecule has 0 aliphatic rings. The quantitative estimate of drug-likeness (QED) is 0.194. The second kappa shape index (κ2) is 8.97. The van der Waals surface area contributed by atoms with Gasteiger partial charge in [-0.25, -0.2) is 4.79 Å². The zero-order valence-electron chi connectivity index (χ0n) is 14.5. The summed E-state index contributed by atoms with van der Waals surface area (Å²) < 4.78 is 105. The molecule has 0 radical (unpaired) electrons. The van der Waals surface area contributed by atoms with Crippen molar-refractivity contribution < 1.29 is 54.0 Å². The predicted molar refractivity (Wildman–Crippen MR) is 87.3 cm³/mol. The third kappa shape index (κ3) is 6.05. The Bertz CT molecular complexity index is 852. The Morgan fingerprint density at radius 1 is 1.10 bits per heavy atom. The third-order valence-corrected chi connectivity index (χ3v) is 4.39. The number of halogens is 5. The molecule has 0 saturated heterocycles. The van der Waals surface area contributed by atoms with Crippen LogP contribution in [0.3, 0.4) is 0 Å². The molecule has 1 atom stereocenters. The Morgan fingerprint density at radius 2 is 1.66 bits per heavy atom. The van der Waals surface area contributed by atoms with Gasteiger partial charge in [0.05, 0.1) is 13.0 Å². The normalized spacial score (nSPS) is 14.7. The Hall–Kier alpha value is -2.38. The maximum absolute atomic E-state index is 13.7. The summed E-state index contributed by atoms with van der Waals surface area (Å²) in [4.78, 5) is 23.8. The summed E-state index contributed by atoms with van der Waals surface area (Å²) >= 11 is 0. The zero-order valence-corrected chi connectivity index (χ0v) is 15.3. The second-order valence-electron chi connectivity index (χ2n) is 5.54. The number of Topliss-reactive ketones (excluding diaryl/α,β-unsaturated/α-hetero) is 1. The van der Waals surface area contributed by atoms with E-state index in [0.29, 0.717) is 0 Å². The number of ether oxygens (including phenoxy) is 2. The zero-order chi connectivity index (χ0) is 22.5. The van der Waals surface area contributed by atoms with Crippen LogP contribution in [0.2, 0.25) is 0 Å². The molecular weight excluding hydrogens is 431 g/mol. The van der Waals surface area contributed by atoms with Crippen molar-refractivity contribution >= 4 is 21.9 Å². The molecule has 0 heterocycles. The van der Waals surface area contributed by atoms with Crippen LogP contribution in [0.5, 0.6) is 0 Å². The van der Waals surface area contributed by atoms with E-state index in [9.17, 15) is 40.0 Å². The average Bonchev–Trinajstić information content (AvgIpc) is 2.59. The second-order valence-corrected chi connectivity index (χ2v) is 7.08. The lowest BCUT2D eigenvalue weighted by molar-refractivity contribution is -0.346. The molecule has 0 aliphatic carbocycles. The van der Waals surface area contributed by atoms with E-state index in [1.54, 1.807) is 0 Å². The van der Waals surface area contributed by atoms with Crippen LogP contribution in [-0.2, 0) is 35.6 Å². The maximum Gasteiger partial charge on any atom is 0.464 e. The van der Waals surface area contributed by atoms with Crippen LogP contribution in [0.15, 0.2) is 43.0 Å². The van der Waals surface area contributed by atoms with Gasteiger partial charge in [-0.15, -0.1) is 0 Å². The molecular formula is C16H15F5O7S. The summed E-state index contributed by atoms with van der Waals surface area (Å²) in [5.74, 6) is -7.91. The monoisotopic (exact) mass is 446 g/mol. The minimum Gasteiger partial charge on any atom is -0.413 e. The highest BCUT2D eigenvalue weighted by Crippen LogP contribution is 2.38. The molecule has 162 valence electrons. The van der Waals surface area contributed by atoms with Gasteiger partial charge >= 0.3 is 33.3 Å². The average molecular weight is 446 g/mol. The molecule has 13 heteroatoms. The van der Waals surface area contributed by atoms with Crippen molar-refractivity contribution in [2.24, 2.45) is 0 Å². The van der Waals surface area contributed by atoms with Crippen LogP contribution in [0, 0.1) is 0 Å². The van der Waals surface area contributed by atoms with Crippen LogP contribution in [0.4, 0.5) is 22.0 Å². The van der Waals surface area contributed by atoms with Gasteiger partial charge in [0.15, 0.2) is 0 Å². The van der Waals surface area contributed by atoms with E-state index in [1.807, 2.05) is 0 Å². The Kier molecular flexibility index (Phi) is 7.62. The molecule has 1 aromatic rings. The molecule has 0 aromatic heterocycles. The molecule has 7 nitrogen and oxygen atoms in total. The summed E-state index contributed by atoms with van der Waals surface area (Å²) in [5, 5.41) is -4.87. The Morgan fingerprint density at radius 3 is 2.10 bits per heavy atom. The van der Waals surface area contributed by atoms with Gasteiger partial charge in [-0.05, 0) is 5.56 Å². The standard InChI is InChI=1S/C16H15F5O7S/c1-2-13(23)28-15(16(19,20)21,12(22)10-11-6-4-3-5-7-11)27-9-8-14(17,18)29(24,25)26/h2-7H,1,8-10H2,(H,24,25,26). The number of esters is 1. The lowest BCUT2D eigenvalue weighted by Gasteiger charge is -2.33. The Balaban J connectivity index is 3.25. The van der Waals surface area contributed by atoms with Gasteiger partial charge in [-0.1, -0.05) is 36.9 Å². The molecule has 29 heavy (non-hydrogen) atoms. The molecule has 1 unspecified atom stereocenters. The number of rotatable bonds is 10. The maximum atomic E-state index is 13.7. The van der Waals surface area contributed by atoms with Gasteiger partial charge in [0.2, 0.25) is 5.78 Å². The fraction of sp³-hybridized carbons (Fsp3) is 0.375. The van der Waals surface area contributed by atoms with Crippen molar-refractivity contribution in [3.63, 3.8) is 0 Å². The topological polar surface area (TPSA) is 107 Å². The van der Waals surface area contributed by atoms with Gasteiger partial charge in [0.1, 0.15) is 0 Å². The van der Waals surface area contributed by atoms with Crippen molar-refractivity contribution in [1.82, 2.24) is 0 Å². The van der Waals surface area contributed by atoms with Crippen LogP contribution in [0.1, 0.15) is 12.0 Å². The molecule has 0 aliphatic heterocycles. The fourth-order valence-electron chi connectivity index (χ4n) is 1.99.